The highest BCUT2D eigenvalue weighted by molar-refractivity contribution is 5.27. The number of piperazine rings is 1. The fraction of sp³-hybridized carbons (Fsp3) is 0.538. The summed E-state index contributed by atoms with van der Waals surface area (Å²) in [4.78, 5) is 2.08. The summed E-state index contributed by atoms with van der Waals surface area (Å²) in [6, 6.07) is 4.81. The summed E-state index contributed by atoms with van der Waals surface area (Å²) in [6.45, 7) is 3.14. The average molecular weight is 274 g/mol. The molecule has 1 fully saturated rings. The smallest absolute Gasteiger partial charge is 0.394 e. The molecule has 1 aromatic carbocycles. The van der Waals surface area contributed by atoms with Gasteiger partial charge in [-0.05, 0) is 17.7 Å². The Hall–Kier alpha value is -1.11. The summed E-state index contributed by atoms with van der Waals surface area (Å²) in [7, 11) is 0. The molecule has 0 saturated carbocycles. The van der Waals surface area contributed by atoms with Gasteiger partial charge in [-0.15, -0.1) is 0 Å². The van der Waals surface area contributed by atoms with Crippen LogP contribution >= 0.6 is 0 Å². The zero-order valence-electron chi connectivity index (χ0n) is 10.5. The van der Waals surface area contributed by atoms with Crippen LogP contribution in [-0.4, -0.2) is 42.8 Å². The minimum atomic E-state index is -4.32. The monoisotopic (exact) mass is 274 g/mol. The van der Waals surface area contributed by atoms with Gasteiger partial charge in [0.05, 0.1) is 18.2 Å². The molecule has 0 aliphatic carbocycles. The van der Waals surface area contributed by atoms with Gasteiger partial charge < -0.3 is 10.4 Å². The lowest BCUT2D eigenvalue weighted by atomic mass is 10.0. The molecule has 1 atom stereocenters. The third-order valence-electron chi connectivity index (χ3n) is 3.39. The fourth-order valence-electron chi connectivity index (χ4n) is 2.32. The Balaban J connectivity index is 2.14. The molecule has 0 radical (unpaired) electrons. The number of aliphatic hydroxyl groups is 1. The van der Waals surface area contributed by atoms with Crippen LogP contribution in [0.15, 0.2) is 24.3 Å². The van der Waals surface area contributed by atoms with Gasteiger partial charge in [-0.3, -0.25) is 4.90 Å². The molecule has 0 amide bonds. The van der Waals surface area contributed by atoms with Crippen LogP contribution in [0.4, 0.5) is 13.2 Å². The second-order valence-corrected chi connectivity index (χ2v) is 4.60. The highest BCUT2D eigenvalue weighted by atomic mass is 19.4. The maximum absolute atomic E-state index is 12.5. The Morgan fingerprint density at radius 1 is 1.16 bits per heavy atom. The van der Waals surface area contributed by atoms with Crippen LogP contribution < -0.4 is 5.32 Å². The van der Waals surface area contributed by atoms with E-state index in [0.717, 1.165) is 43.9 Å². The van der Waals surface area contributed by atoms with Gasteiger partial charge in [-0.25, -0.2) is 0 Å². The first-order valence-electron chi connectivity index (χ1n) is 6.25. The standard InChI is InChI=1S/C13H17F3N2O/c14-13(15,16)11-3-1-10(2-4-11)12(9-19)18-7-5-17-6-8-18/h1-4,12,17,19H,5-9H2/t12-/m0/s1. The molecule has 106 valence electrons. The maximum atomic E-state index is 12.5. The number of benzene rings is 1. The van der Waals surface area contributed by atoms with Crippen LogP contribution in [0.25, 0.3) is 0 Å². The first kappa shape index (κ1) is 14.3. The third-order valence-corrected chi connectivity index (χ3v) is 3.39. The van der Waals surface area contributed by atoms with Crippen molar-refractivity contribution in [3.05, 3.63) is 35.4 Å². The molecule has 1 saturated heterocycles. The summed E-state index contributed by atoms with van der Waals surface area (Å²) < 4.78 is 37.5. The molecule has 1 aliphatic heterocycles. The van der Waals surface area contributed by atoms with Crippen molar-refractivity contribution in [3.63, 3.8) is 0 Å². The van der Waals surface area contributed by atoms with E-state index in [1.807, 2.05) is 0 Å². The summed E-state index contributed by atoms with van der Waals surface area (Å²) in [5.41, 5.74) is 0.0608. The van der Waals surface area contributed by atoms with Gasteiger partial charge in [-0.1, -0.05) is 12.1 Å². The molecule has 0 unspecified atom stereocenters. The fourth-order valence-corrected chi connectivity index (χ4v) is 2.32. The molecule has 0 spiro atoms. The van der Waals surface area contributed by atoms with E-state index in [2.05, 4.69) is 10.2 Å². The molecule has 2 N–H and O–H groups in total. The van der Waals surface area contributed by atoms with Gasteiger partial charge in [0, 0.05) is 26.2 Å². The van der Waals surface area contributed by atoms with E-state index < -0.39 is 11.7 Å². The second kappa shape index (κ2) is 5.90. The zero-order chi connectivity index (χ0) is 13.9. The number of nitrogens with one attached hydrogen (secondary N) is 1. The topological polar surface area (TPSA) is 35.5 Å². The van der Waals surface area contributed by atoms with Crippen molar-refractivity contribution in [2.24, 2.45) is 0 Å². The summed E-state index contributed by atoms with van der Waals surface area (Å²) in [6.07, 6.45) is -4.32. The molecular formula is C13H17F3N2O. The van der Waals surface area contributed by atoms with Gasteiger partial charge in [0.2, 0.25) is 0 Å². The van der Waals surface area contributed by atoms with E-state index in [0.29, 0.717) is 0 Å². The normalized spacial score (nSPS) is 19.4. The van der Waals surface area contributed by atoms with Gasteiger partial charge in [0.1, 0.15) is 0 Å². The third kappa shape index (κ3) is 3.46. The minimum Gasteiger partial charge on any atom is -0.394 e. The largest absolute Gasteiger partial charge is 0.416 e. The number of alkyl halides is 3. The van der Waals surface area contributed by atoms with Crippen LogP contribution in [0.5, 0.6) is 0 Å². The van der Waals surface area contributed by atoms with E-state index in [-0.39, 0.29) is 12.6 Å². The van der Waals surface area contributed by atoms with Crippen molar-refractivity contribution in [1.29, 1.82) is 0 Å². The Kier molecular flexibility index (Phi) is 4.44. The molecule has 1 aliphatic rings. The number of hydrogen-bond acceptors (Lipinski definition) is 3. The van der Waals surface area contributed by atoms with Crippen LogP contribution in [0.1, 0.15) is 17.2 Å². The molecule has 6 heteroatoms. The van der Waals surface area contributed by atoms with Crippen molar-refractivity contribution >= 4 is 0 Å². The number of rotatable bonds is 3. The number of aliphatic hydroxyl groups excluding tert-OH is 1. The van der Waals surface area contributed by atoms with E-state index in [1.165, 1.54) is 12.1 Å². The van der Waals surface area contributed by atoms with Crippen molar-refractivity contribution in [3.8, 4) is 0 Å². The maximum Gasteiger partial charge on any atom is 0.416 e. The SMILES string of the molecule is OC[C@@H](c1ccc(C(F)(F)F)cc1)N1CCNCC1. The van der Waals surface area contributed by atoms with Gasteiger partial charge in [-0.2, -0.15) is 13.2 Å². The lowest BCUT2D eigenvalue weighted by Gasteiger charge is -2.34. The van der Waals surface area contributed by atoms with Crippen molar-refractivity contribution < 1.29 is 18.3 Å². The number of halogens is 3. The number of nitrogens with zero attached hydrogens (tertiary/aromatic N) is 1. The lowest BCUT2D eigenvalue weighted by Crippen LogP contribution is -2.46. The van der Waals surface area contributed by atoms with Gasteiger partial charge in [0.15, 0.2) is 0 Å². The van der Waals surface area contributed by atoms with Crippen LogP contribution in [0.2, 0.25) is 0 Å². The Labute approximate surface area is 110 Å². The molecule has 0 aromatic heterocycles. The van der Waals surface area contributed by atoms with E-state index >= 15 is 0 Å². The average Bonchev–Trinajstić information content (AvgIpc) is 2.40. The van der Waals surface area contributed by atoms with E-state index in [9.17, 15) is 18.3 Å². The lowest BCUT2D eigenvalue weighted by molar-refractivity contribution is -0.137. The Morgan fingerprint density at radius 2 is 1.74 bits per heavy atom. The first-order chi connectivity index (χ1) is 9.02. The Bertz CT molecular complexity index is 399. The second-order valence-electron chi connectivity index (χ2n) is 4.60. The summed E-state index contributed by atoms with van der Waals surface area (Å²) in [5.74, 6) is 0. The first-order valence-corrected chi connectivity index (χ1v) is 6.25. The van der Waals surface area contributed by atoms with Crippen molar-refractivity contribution in [2.75, 3.05) is 32.8 Å². The van der Waals surface area contributed by atoms with Gasteiger partial charge >= 0.3 is 6.18 Å². The number of hydrogen-bond donors (Lipinski definition) is 2. The zero-order valence-corrected chi connectivity index (χ0v) is 10.5. The van der Waals surface area contributed by atoms with Crippen molar-refractivity contribution in [2.45, 2.75) is 12.2 Å². The van der Waals surface area contributed by atoms with Crippen LogP contribution in [-0.2, 0) is 6.18 Å². The minimum absolute atomic E-state index is 0.0919. The molecule has 2 rings (SSSR count). The highest BCUT2D eigenvalue weighted by Crippen LogP contribution is 2.30. The molecule has 3 nitrogen and oxygen atoms in total. The quantitative estimate of drug-likeness (QED) is 0.879. The van der Waals surface area contributed by atoms with Gasteiger partial charge in [0.25, 0.3) is 0 Å². The molecule has 1 aromatic rings. The Morgan fingerprint density at radius 3 is 2.21 bits per heavy atom. The molecule has 1 heterocycles. The van der Waals surface area contributed by atoms with Crippen LogP contribution in [0.3, 0.4) is 0 Å². The van der Waals surface area contributed by atoms with E-state index in [4.69, 9.17) is 0 Å². The summed E-state index contributed by atoms with van der Waals surface area (Å²) in [5, 5.41) is 12.7. The molecular weight excluding hydrogens is 257 g/mol. The highest BCUT2D eigenvalue weighted by Gasteiger charge is 2.30. The van der Waals surface area contributed by atoms with Crippen LogP contribution in [0, 0.1) is 0 Å². The van der Waals surface area contributed by atoms with Crippen molar-refractivity contribution in [1.82, 2.24) is 10.2 Å². The molecule has 19 heavy (non-hydrogen) atoms. The van der Waals surface area contributed by atoms with E-state index in [1.54, 1.807) is 0 Å². The predicted molar refractivity (Wildman–Crippen MR) is 65.7 cm³/mol. The predicted octanol–water partition coefficient (Wildman–Crippen LogP) is 1.64. The molecule has 0 bridgehead atoms. The summed E-state index contributed by atoms with van der Waals surface area (Å²) >= 11 is 0.